The number of rotatable bonds is 4. The number of nitrogens with zero attached hydrogens (tertiary/aromatic N) is 3. The summed E-state index contributed by atoms with van der Waals surface area (Å²) in [4.78, 5) is 20.5. The number of carbonyl (C=O) groups is 1. The second-order valence-electron chi connectivity index (χ2n) is 7.34. The summed E-state index contributed by atoms with van der Waals surface area (Å²) < 4.78 is 5.64. The average molecular weight is 336 g/mol. The molecule has 0 aliphatic heterocycles. The molecule has 128 valence electrons. The van der Waals surface area contributed by atoms with Crippen LogP contribution in [0.4, 0.5) is 5.82 Å². The Morgan fingerprint density at radius 1 is 1.16 bits per heavy atom. The lowest BCUT2D eigenvalue weighted by Crippen LogP contribution is -2.18. The average Bonchev–Trinajstić information content (AvgIpc) is 2.98. The van der Waals surface area contributed by atoms with E-state index in [9.17, 15) is 4.79 Å². The topological polar surface area (TPSA) is 87.9 Å². The molecule has 6 heteroatoms. The van der Waals surface area contributed by atoms with Crippen LogP contribution in [0.5, 0.6) is 11.5 Å². The number of amides is 1. The van der Waals surface area contributed by atoms with E-state index in [0.29, 0.717) is 17.3 Å². The third kappa shape index (κ3) is 3.05. The number of aromatic nitrogens is 2. The third-order valence-corrected chi connectivity index (χ3v) is 5.35. The number of hydrogen-bond donors (Lipinski definition) is 1. The molecule has 0 radical (unpaired) electrons. The van der Waals surface area contributed by atoms with Crippen molar-refractivity contribution in [1.29, 1.82) is 5.26 Å². The molecule has 2 aromatic heterocycles. The van der Waals surface area contributed by atoms with Crippen molar-refractivity contribution in [2.75, 3.05) is 5.32 Å². The highest BCUT2D eigenvalue weighted by Crippen LogP contribution is 2.68. The van der Waals surface area contributed by atoms with Gasteiger partial charge in [0.15, 0.2) is 0 Å². The first-order chi connectivity index (χ1) is 11.8. The molecule has 1 N–H and O–H groups in total. The summed E-state index contributed by atoms with van der Waals surface area (Å²) in [6.07, 6.45) is 3.04. The van der Waals surface area contributed by atoms with E-state index in [0.717, 1.165) is 0 Å². The van der Waals surface area contributed by atoms with E-state index in [1.807, 2.05) is 6.07 Å². The van der Waals surface area contributed by atoms with Gasteiger partial charge in [0.2, 0.25) is 5.91 Å². The second kappa shape index (κ2) is 5.85. The molecule has 1 fully saturated rings. The van der Waals surface area contributed by atoms with Gasteiger partial charge in [0.1, 0.15) is 29.1 Å². The predicted octanol–water partition coefficient (Wildman–Crippen LogP) is 3.76. The fourth-order valence-electron chi connectivity index (χ4n) is 3.24. The summed E-state index contributed by atoms with van der Waals surface area (Å²) in [6.45, 7) is 8.41. The van der Waals surface area contributed by atoms with Crippen molar-refractivity contribution in [3.63, 3.8) is 0 Å². The van der Waals surface area contributed by atoms with E-state index in [4.69, 9.17) is 10.00 Å². The van der Waals surface area contributed by atoms with Crippen molar-refractivity contribution in [2.24, 2.45) is 16.7 Å². The Morgan fingerprint density at radius 2 is 1.88 bits per heavy atom. The minimum absolute atomic E-state index is 0.0102. The van der Waals surface area contributed by atoms with Crippen LogP contribution in [0.1, 0.15) is 33.4 Å². The maximum absolute atomic E-state index is 12.4. The van der Waals surface area contributed by atoms with E-state index in [1.54, 1.807) is 24.3 Å². The molecule has 1 saturated carbocycles. The lowest BCUT2D eigenvalue weighted by atomic mass is 10.0. The lowest BCUT2D eigenvalue weighted by Gasteiger charge is -2.08. The normalized spacial score (nSPS) is 17.4. The minimum atomic E-state index is -0.0288. The molecule has 0 bridgehead atoms. The van der Waals surface area contributed by atoms with Gasteiger partial charge in [-0.25, -0.2) is 9.97 Å². The fraction of sp³-hybridized carbons (Fsp3) is 0.368. The molecule has 2 aromatic rings. The Morgan fingerprint density at radius 3 is 2.44 bits per heavy atom. The molecule has 2 heterocycles. The third-order valence-electron chi connectivity index (χ3n) is 5.35. The van der Waals surface area contributed by atoms with Gasteiger partial charge < -0.3 is 10.1 Å². The Hall–Kier alpha value is -2.94. The maximum Gasteiger partial charge on any atom is 0.229 e. The number of hydrogen-bond acceptors (Lipinski definition) is 5. The van der Waals surface area contributed by atoms with E-state index in [1.165, 1.54) is 12.4 Å². The van der Waals surface area contributed by atoms with Gasteiger partial charge in [-0.3, -0.25) is 4.79 Å². The number of ether oxygens (including phenoxy) is 1. The van der Waals surface area contributed by atoms with Gasteiger partial charge in [-0.2, -0.15) is 5.26 Å². The SMILES string of the molecule is CC1(C)C(C(=O)Nc2ccc(Oc3ccnc(C#N)c3)cn2)C1(C)C. The van der Waals surface area contributed by atoms with E-state index < -0.39 is 0 Å². The number of nitrogens with one attached hydrogen (secondary N) is 1. The molecule has 0 spiro atoms. The number of pyridine rings is 2. The van der Waals surface area contributed by atoms with Crippen molar-refractivity contribution in [3.8, 4) is 17.6 Å². The van der Waals surface area contributed by atoms with Gasteiger partial charge in [-0.1, -0.05) is 27.7 Å². The van der Waals surface area contributed by atoms with Crippen molar-refractivity contribution in [3.05, 3.63) is 42.4 Å². The lowest BCUT2D eigenvalue weighted by molar-refractivity contribution is -0.118. The Balaban J connectivity index is 1.65. The van der Waals surface area contributed by atoms with Crippen molar-refractivity contribution < 1.29 is 9.53 Å². The Kier molecular flexibility index (Phi) is 3.96. The molecule has 0 atom stereocenters. The molecule has 1 amide bonds. The van der Waals surface area contributed by atoms with E-state index in [2.05, 4.69) is 43.0 Å². The molecule has 1 aliphatic carbocycles. The smallest absolute Gasteiger partial charge is 0.229 e. The van der Waals surface area contributed by atoms with Crippen LogP contribution in [-0.2, 0) is 4.79 Å². The van der Waals surface area contributed by atoms with Crippen molar-refractivity contribution >= 4 is 11.7 Å². The minimum Gasteiger partial charge on any atom is -0.456 e. The summed E-state index contributed by atoms with van der Waals surface area (Å²) in [7, 11) is 0. The van der Waals surface area contributed by atoms with Crippen LogP contribution in [0.2, 0.25) is 0 Å². The summed E-state index contributed by atoms with van der Waals surface area (Å²) in [6, 6.07) is 8.59. The summed E-state index contributed by atoms with van der Waals surface area (Å²) >= 11 is 0. The molecule has 1 aliphatic rings. The predicted molar refractivity (Wildman–Crippen MR) is 92.9 cm³/mol. The van der Waals surface area contributed by atoms with Crippen LogP contribution in [0.3, 0.4) is 0 Å². The largest absolute Gasteiger partial charge is 0.456 e. The van der Waals surface area contributed by atoms with E-state index >= 15 is 0 Å². The van der Waals surface area contributed by atoms with Crippen LogP contribution >= 0.6 is 0 Å². The summed E-state index contributed by atoms with van der Waals surface area (Å²) in [5, 5.41) is 11.7. The molecule has 6 nitrogen and oxygen atoms in total. The highest BCUT2D eigenvalue weighted by Gasteiger charge is 2.68. The van der Waals surface area contributed by atoms with Gasteiger partial charge in [-0.05, 0) is 29.0 Å². The van der Waals surface area contributed by atoms with Crippen LogP contribution in [0, 0.1) is 28.1 Å². The molecule has 0 unspecified atom stereocenters. The van der Waals surface area contributed by atoms with Crippen LogP contribution in [-0.4, -0.2) is 15.9 Å². The highest BCUT2D eigenvalue weighted by molar-refractivity contribution is 5.95. The molecule has 3 rings (SSSR count). The zero-order valence-corrected chi connectivity index (χ0v) is 14.7. The molecule has 0 aromatic carbocycles. The van der Waals surface area contributed by atoms with Crippen LogP contribution in [0.25, 0.3) is 0 Å². The zero-order valence-electron chi connectivity index (χ0n) is 14.7. The first-order valence-corrected chi connectivity index (χ1v) is 8.06. The van der Waals surface area contributed by atoms with Gasteiger partial charge >= 0.3 is 0 Å². The maximum atomic E-state index is 12.4. The first kappa shape index (κ1) is 16.9. The summed E-state index contributed by atoms with van der Waals surface area (Å²) in [5.41, 5.74) is 0.254. The molecule has 25 heavy (non-hydrogen) atoms. The van der Waals surface area contributed by atoms with Crippen LogP contribution in [0.15, 0.2) is 36.7 Å². The number of carbonyl (C=O) groups excluding carboxylic acids is 1. The van der Waals surface area contributed by atoms with Crippen molar-refractivity contribution in [2.45, 2.75) is 27.7 Å². The standard InChI is InChI=1S/C19H20N4O2/c1-18(2)16(19(18,3)4)17(24)23-15-6-5-14(11-22-15)25-13-7-8-21-12(9-13)10-20/h5-9,11,16H,1-4H3,(H,22,23,24). The van der Waals surface area contributed by atoms with Gasteiger partial charge in [0.25, 0.3) is 0 Å². The van der Waals surface area contributed by atoms with Gasteiger partial charge in [0, 0.05) is 18.2 Å². The monoisotopic (exact) mass is 336 g/mol. The highest BCUT2D eigenvalue weighted by atomic mass is 16.5. The number of anilines is 1. The Labute approximate surface area is 146 Å². The molecular formula is C19H20N4O2. The fourth-order valence-corrected chi connectivity index (χ4v) is 3.24. The summed E-state index contributed by atoms with van der Waals surface area (Å²) in [5.74, 6) is 1.47. The van der Waals surface area contributed by atoms with Crippen molar-refractivity contribution in [1.82, 2.24) is 9.97 Å². The zero-order chi connectivity index (χ0) is 18.2. The van der Waals surface area contributed by atoms with Crippen LogP contribution < -0.4 is 10.1 Å². The van der Waals surface area contributed by atoms with Gasteiger partial charge in [-0.15, -0.1) is 0 Å². The molecular weight excluding hydrogens is 316 g/mol. The van der Waals surface area contributed by atoms with Gasteiger partial charge in [0.05, 0.1) is 6.20 Å². The quantitative estimate of drug-likeness (QED) is 0.918. The molecule has 0 saturated heterocycles. The Bertz CT molecular complexity index is 836. The first-order valence-electron chi connectivity index (χ1n) is 8.06. The van der Waals surface area contributed by atoms with E-state index in [-0.39, 0.29) is 28.3 Å². The number of nitriles is 1. The second-order valence-corrected chi connectivity index (χ2v) is 7.34.